The first-order valence-electron chi connectivity index (χ1n) is 5.54. The van der Waals surface area contributed by atoms with Gasteiger partial charge in [-0.3, -0.25) is 9.48 Å². The van der Waals surface area contributed by atoms with Crippen molar-refractivity contribution in [2.45, 2.75) is 19.9 Å². The highest BCUT2D eigenvalue weighted by atomic mass is 19.1. The maximum atomic E-state index is 13.3. The van der Waals surface area contributed by atoms with Crippen LogP contribution < -0.4 is 5.32 Å². The van der Waals surface area contributed by atoms with E-state index in [-0.39, 0.29) is 11.7 Å². The van der Waals surface area contributed by atoms with Crippen LogP contribution in [0.3, 0.4) is 0 Å². The number of pyridine rings is 1. The molecule has 0 saturated heterocycles. The monoisotopic (exact) mass is 248 g/mol. The maximum absolute atomic E-state index is 13.3. The Morgan fingerprint density at radius 3 is 2.89 bits per heavy atom. The molecule has 0 aliphatic rings. The number of amides is 1. The fraction of sp³-hybridized carbons (Fsp3) is 0.250. The molecule has 6 heteroatoms. The molecule has 1 amide bonds. The molecule has 2 heterocycles. The van der Waals surface area contributed by atoms with Gasteiger partial charge in [0.05, 0.1) is 11.9 Å². The molecule has 0 atom stereocenters. The first-order valence-corrected chi connectivity index (χ1v) is 5.54. The topological polar surface area (TPSA) is 59.8 Å². The molecule has 0 fully saturated rings. The Bertz CT molecular complexity index is 565. The zero-order valence-corrected chi connectivity index (χ0v) is 10.1. The van der Waals surface area contributed by atoms with Crippen LogP contribution >= 0.6 is 0 Å². The minimum Gasteiger partial charge on any atom is -0.318 e. The van der Waals surface area contributed by atoms with Gasteiger partial charge < -0.3 is 5.32 Å². The Morgan fingerprint density at radius 2 is 2.28 bits per heavy atom. The van der Waals surface area contributed by atoms with Gasteiger partial charge in [0.1, 0.15) is 0 Å². The second-order valence-corrected chi connectivity index (χ2v) is 4.09. The van der Waals surface area contributed by atoms with Gasteiger partial charge in [0.25, 0.3) is 5.91 Å². The predicted octanol–water partition coefficient (Wildman–Crippen LogP) is 2.25. The van der Waals surface area contributed by atoms with E-state index in [0.29, 0.717) is 5.69 Å². The predicted molar refractivity (Wildman–Crippen MR) is 64.8 cm³/mol. The lowest BCUT2D eigenvalue weighted by atomic mass is 10.3. The van der Waals surface area contributed by atoms with Gasteiger partial charge in [0, 0.05) is 18.4 Å². The van der Waals surface area contributed by atoms with Gasteiger partial charge in [0.2, 0.25) is 0 Å². The van der Waals surface area contributed by atoms with E-state index in [1.54, 1.807) is 10.9 Å². The molecule has 0 saturated carbocycles. The molecular formula is C12H13FN4O. The summed E-state index contributed by atoms with van der Waals surface area (Å²) in [5, 5.41) is 6.62. The number of carbonyl (C=O) groups excluding carboxylic acids is 1. The van der Waals surface area contributed by atoms with Crippen LogP contribution in [0.2, 0.25) is 0 Å². The van der Waals surface area contributed by atoms with Gasteiger partial charge in [-0.05, 0) is 26.0 Å². The fourth-order valence-electron chi connectivity index (χ4n) is 1.43. The third kappa shape index (κ3) is 2.53. The molecule has 2 aromatic heterocycles. The standard InChI is InChI=1S/C12H13FN4O/c1-8(2)17-7-9(6-15-17)16-12(18)11-10(13)4-3-5-14-11/h3-8H,1-2H3,(H,16,18). The van der Waals surface area contributed by atoms with E-state index in [2.05, 4.69) is 15.4 Å². The quantitative estimate of drug-likeness (QED) is 0.906. The average molecular weight is 248 g/mol. The summed E-state index contributed by atoms with van der Waals surface area (Å²) in [5.74, 6) is -1.23. The van der Waals surface area contributed by atoms with E-state index in [0.717, 1.165) is 0 Å². The van der Waals surface area contributed by atoms with E-state index in [1.807, 2.05) is 13.8 Å². The molecule has 0 radical (unpaired) electrons. The number of rotatable bonds is 3. The first kappa shape index (κ1) is 12.2. The van der Waals surface area contributed by atoms with E-state index in [1.165, 1.54) is 24.5 Å². The summed E-state index contributed by atoms with van der Waals surface area (Å²) in [6.45, 7) is 3.94. The number of halogens is 1. The number of nitrogens with one attached hydrogen (secondary N) is 1. The normalized spacial score (nSPS) is 10.7. The summed E-state index contributed by atoms with van der Waals surface area (Å²) in [4.78, 5) is 15.5. The van der Waals surface area contributed by atoms with Crippen LogP contribution in [-0.4, -0.2) is 20.7 Å². The number of hydrogen-bond donors (Lipinski definition) is 1. The molecule has 18 heavy (non-hydrogen) atoms. The molecule has 0 unspecified atom stereocenters. The molecule has 94 valence electrons. The van der Waals surface area contributed by atoms with Crippen molar-refractivity contribution in [3.05, 3.63) is 42.2 Å². The van der Waals surface area contributed by atoms with Gasteiger partial charge in [-0.25, -0.2) is 9.37 Å². The molecule has 2 aromatic rings. The number of aromatic nitrogens is 3. The average Bonchev–Trinajstić information content (AvgIpc) is 2.78. The first-order chi connectivity index (χ1) is 8.58. The van der Waals surface area contributed by atoms with Crippen molar-refractivity contribution >= 4 is 11.6 Å². The van der Waals surface area contributed by atoms with Crippen molar-refractivity contribution in [2.24, 2.45) is 0 Å². The largest absolute Gasteiger partial charge is 0.318 e. The Hall–Kier alpha value is -2.24. The highest BCUT2D eigenvalue weighted by Gasteiger charge is 2.13. The molecule has 5 nitrogen and oxygen atoms in total. The summed E-state index contributed by atoms with van der Waals surface area (Å²) in [5.41, 5.74) is 0.286. The van der Waals surface area contributed by atoms with Gasteiger partial charge in [0.15, 0.2) is 11.5 Å². The third-order valence-electron chi connectivity index (χ3n) is 2.36. The van der Waals surface area contributed by atoms with Crippen LogP contribution in [0.4, 0.5) is 10.1 Å². The van der Waals surface area contributed by atoms with Crippen LogP contribution in [0, 0.1) is 5.82 Å². The summed E-state index contributed by atoms with van der Waals surface area (Å²) >= 11 is 0. The van der Waals surface area contributed by atoms with E-state index in [9.17, 15) is 9.18 Å². The molecule has 0 spiro atoms. The van der Waals surface area contributed by atoms with Crippen molar-refractivity contribution in [1.29, 1.82) is 0 Å². The summed E-state index contributed by atoms with van der Waals surface area (Å²) in [6.07, 6.45) is 4.57. The second-order valence-electron chi connectivity index (χ2n) is 4.09. The summed E-state index contributed by atoms with van der Waals surface area (Å²) in [6, 6.07) is 2.82. The lowest BCUT2D eigenvalue weighted by Crippen LogP contribution is -2.15. The van der Waals surface area contributed by atoms with Crippen molar-refractivity contribution in [3.8, 4) is 0 Å². The van der Waals surface area contributed by atoms with E-state index in [4.69, 9.17) is 0 Å². The van der Waals surface area contributed by atoms with Crippen LogP contribution in [0.15, 0.2) is 30.7 Å². The highest BCUT2D eigenvalue weighted by molar-refractivity contribution is 6.02. The van der Waals surface area contributed by atoms with Crippen molar-refractivity contribution in [1.82, 2.24) is 14.8 Å². The van der Waals surface area contributed by atoms with Crippen LogP contribution in [0.25, 0.3) is 0 Å². The van der Waals surface area contributed by atoms with Crippen LogP contribution in [-0.2, 0) is 0 Å². The molecule has 0 aliphatic heterocycles. The Kier molecular flexibility index (Phi) is 3.36. The molecule has 0 aliphatic carbocycles. The third-order valence-corrected chi connectivity index (χ3v) is 2.36. The van der Waals surface area contributed by atoms with Crippen LogP contribution in [0.1, 0.15) is 30.4 Å². The number of anilines is 1. The van der Waals surface area contributed by atoms with Crippen molar-refractivity contribution in [2.75, 3.05) is 5.32 Å². The smallest absolute Gasteiger partial charge is 0.277 e. The minimum absolute atomic E-state index is 0.197. The van der Waals surface area contributed by atoms with Crippen molar-refractivity contribution in [3.63, 3.8) is 0 Å². The zero-order chi connectivity index (χ0) is 13.1. The van der Waals surface area contributed by atoms with Gasteiger partial charge in [-0.15, -0.1) is 0 Å². The molecule has 2 rings (SSSR count). The molecule has 1 N–H and O–H groups in total. The molecule has 0 aromatic carbocycles. The lowest BCUT2D eigenvalue weighted by Gasteiger charge is -2.04. The number of hydrogen-bond acceptors (Lipinski definition) is 3. The summed E-state index contributed by atoms with van der Waals surface area (Å²) in [7, 11) is 0. The van der Waals surface area contributed by atoms with E-state index < -0.39 is 11.7 Å². The summed E-state index contributed by atoms with van der Waals surface area (Å²) < 4.78 is 15.0. The Morgan fingerprint density at radius 1 is 1.50 bits per heavy atom. The number of carbonyl (C=O) groups is 1. The van der Waals surface area contributed by atoms with Gasteiger partial charge in [-0.2, -0.15) is 5.10 Å². The molecule has 0 bridgehead atoms. The Labute approximate surface area is 104 Å². The Balaban J connectivity index is 2.14. The van der Waals surface area contributed by atoms with Gasteiger partial charge >= 0.3 is 0 Å². The molecular weight excluding hydrogens is 235 g/mol. The number of nitrogens with zero attached hydrogens (tertiary/aromatic N) is 3. The second kappa shape index (κ2) is 4.95. The highest BCUT2D eigenvalue weighted by Crippen LogP contribution is 2.12. The fourth-order valence-corrected chi connectivity index (χ4v) is 1.43. The maximum Gasteiger partial charge on any atom is 0.277 e. The minimum atomic E-state index is -0.647. The lowest BCUT2D eigenvalue weighted by molar-refractivity contribution is 0.101. The van der Waals surface area contributed by atoms with Crippen LogP contribution in [0.5, 0.6) is 0 Å². The van der Waals surface area contributed by atoms with Crippen molar-refractivity contribution < 1.29 is 9.18 Å². The van der Waals surface area contributed by atoms with Gasteiger partial charge in [-0.1, -0.05) is 0 Å². The SMILES string of the molecule is CC(C)n1cc(NC(=O)c2ncccc2F)cn1. The zero-order valence-electron chi connectivity index (χ0n) is 10.1. The van der Waals surface area contributed by atoms with E-state index >= 15 is 0 Å².